The Morgan fingerprint density at radius 1 is 0.812 bits per heavy atom. The molecule has 0 spiro atoms. The summed E-state index contributed by atoms with van der Waals surface area (Å²) in [4.78, 5) is 24.5. The number of carbonyl (C=O) groups is 2. The number of alkyl halides is 6. The zero-order chi connectivity index (χ0) is 24.3. The number of esters is 1. The van der Waals surface area contributed by atoms with Crippen LogP contribution in [0.4, 0.5) is 32.0 Å². The highest BCUT2D eigenvalue weighted by atomic mass is 19.4. The van der Waals surface area contributed by atoms with E-state index in [1.165, 1.54) is 32.4 Å². The molecule has 2 aromatic carbocycles. The minimum Gasteiger partial charge on any atom is -0.497 e. The second kappa shape index (κ2) is 9.37. The quantitative estimate of drug-likeness (QED) is 0.484. The van der Waals surface area contributed by atoms with Crippen LogP contribution in [-0.4, -0.2) is 32.2 Å². The van der Waals surface area contributed by atoms with Crippen molar-refractivity contribution >= 4 is 17.6 Å². The normalized spacial score (nSPS) is 12.7. The molecule has 0 aliphatic heterocycles. The third-order valence-electron chi connectivity index (χ3n) is 4.10. The Kier molecular flexibility index (Phi) is 7.27. The summed E-state index contributed by atoms with van der Waals surface area (Å²) in [5.74, 6) is -1.77. The van der Waals surface area contributed by atoms with Crippen LogP contribution in [0.1, 0.15) is 28.4 Å². The van der Waals surface area contributed by atoms with Gasteiger partial charge in [-0.05, 0) is 25.1 Å². The summed E-state index contributed by atoms with van der Waals surface area (Å²) in [5, 5.41) is 2.38. The minimum absolute atomic E-state index is 0.122. The average Bonchev–Trinajstić information content (AvgIpc) is 2.71. The molecule has 12 heteroatoms. The molecule has 32 heavy (non-hydrogen) atoms. The Balaban J connectivity index is 2.22. The van der Waals surface area contributed by atoms with Crippen LogP contribution in [-0.2, 0) is 21.9 Å². The van der Waals surface area contributed by atoms with Crippen molar-refractivity contribution in [2.75, 3.05) is 19.5 Å². The lowest BCUT2D eigenvalue weighted by atomic mass is 10.0. The Hall–Kier alpha value is -3.44. The first-order valence-corrected chi connectivity index (χ1v) is 8.79. The molecule has 2 rings (SSSR count). The average molecular weight is 465 g/mol. The number of ether oxygens (including phenoxy) is 3. The Labute approximate surface area is 178 Å². The Bertz CT molecular complexity index is 948. The monoisotopic (exact) mass is 465 g/mol. The van der Waals surface area contributed by atoms with E-state index in [1.54, 1.807) is 0 Å². The summed E-state index contributed by atoms with van der Waals surface area (Å²) in [6, 6.07) is 4.66. The highest BCUT2D eigenvalue weighted by Crippen LogP contribution is 2.36. The summed E-state index contributed by atoms with van der Waals surface area (Å²) < 4.78 is 92.6. The first kappa shape index (κ1) is 24.8. The number of benzene rings is 2. The molecule has 0 aliphatic carbocycles. The molecule has 1 unspecified atom stereocenters. The molecule has 0 saturated carbocycles. The number of rotatable bonds is 6. The van der Waals surface area contributed by atoms with Crippen LogP contribution >= 0.6 is 0 Å². The van der Waals surface area contributed by atoms with Gasteiger partial charge in [-0.1, -0.05) is 0 Å². The number of hydrogen-bond acceptors (Lipinski definition) is 5. The summed E-state index contributed by atoms with van der Waals surface area (Å²) in [5.41, 5.74) is -4.18. The van der Waals surface area contributed by atoms with E-state index < -0.39 is 47.0 Å². The van der Waals surface area contributed by atoms with Gasteiger partial charge in [-0.25, -0.2) is 4.79 Å². The van der Waals surface area contributed by atoms with E-state index in [2.05, 4.69) is 5.32 Å². The molecule has 1 N–H and O–H groups in total. The number of carbonyl (C=O) groups excluding carboxylic acids is 2. The fourth-order valence-electron chi connectivity index (χ4n) is 2.48. The van der Waals surface area contributed by atoms with Gasteiger partial charge in [0.15, 0.2) is 6.10 Å². The van der Waals surface area contributed by atoms with Crippen LogP contribution in [0, 0.1) is 0 Å². The number of halogens is 6. The molecule has 0 aliphatic rings. The van der Waals surface area contributed by atoms with E-state index in [1.807, 2.05) is 0 Å². The minimum atomic E-state index is -5.13. The molecule has 0 heterocycles. The van der Waals surface area contributed by atoms with E-state index >= 15 is 0 Å². The van der Waals surface area contributed by atoms with Gasteiger partial charge in [-0.3, -0.25) is 4.79 Å². The van der Waals surface area contributed by atoms with Crippen LogP contribution in [0.15, 0.2) is 36.4 Å². The maximum absolute atomic E-state index is 13.0. The molecular weight excluding hydrogens is 448 g/mol. The zero-order valence-corrected chi connectivity index (χ0v) is 16.9. The summed E-state index contributed by atoms with van der Waals surface area (Å²) in [7, 11) is 2.74. The van der Waals surface area contributed by atoms with Crippen LogP contribution in [0.5, 0.6) is 11.5 Å². The molecule has 0 aromatic heterocycles. The maximum atomic E-state index is 13.0. The van der Waals surface area contributed by atoms with Gasteiger partial charge in [0.05, 0.1) is 30.9 Å². The Morgan fingerprint density at radius 2 is 1.28 bits per heavy atom. The predicted octanol–water partition coefficient (Wildman–Crippen LogP) is 4.93. The lowest BCUT2D eigenvalue weighted by molar-refractivity contribution is -0.143. The van der Waals surface area contributed by atoms with Crippen molar-refractivity contribution in [3.63, 3.8) is 0 Å². The SMILES string of the molecule is COc1cc(NC(=O)C(C)OC(=O)c2cc(C(F)(F)F)cc(C(F)(F)F)c2)cc(OC)c1. The number of nitrogens with one attached hydrogen (secondary N) is 1. The van der Waals surface area contributed by atoms with Crippen molar-refractivity contribution in [2.24, 2.45) is 0 Å². The van der Waals surface area contributed by atoms with Gasteiger partial charge < -0.3 is 19.5 Å². The van der Waals surface area contributed by atoms with Gasteiger partial charge in [0.2, 0.25) is 0 Å². The van der Waals surface area contributed by atoms with E-state index in [4.69, 9.17) is 14.2 Å². The molecule has 0 fully saturated rings. The van der Waals surface area contributed by atoms with Crippen molar-refractivity contribution in [1.82, 2.24) is 0 Å². The van der Waals surface area contributed by atoms with Crippen LogP contribution < -0.4 is 14.8 Å². The molecule has 1 atom stereocenters. The number of amides is 1. The van der Waals surface area contributed by atoms with Crippen molar-refractivity contribution in [1.29, 1.82) is 0 Å². The number of methoxy groups -OCH3 is 2. The molecule has 0 saturated heterocycles. The van der Waals surface area contributed by atoms with Gasteiger partial charge in [0.1, 0.15) is 11.5 Å². The third-order valence-corrected chi connectivity index (χ3v) is 4.10. The second-order valence-electron chi connectivity index (χ2n) is 6.43. The van der Waals surface area contributed by atoms with Crippen molar-refractivity contribution in [3.8, 4) is 11.5 Å². The Morgan fingerprint density at radius 3 is 1.69 bits per heavy atom. The molecule has 6 nitrogen and oxygen atoms in total. The van der Waals surface area contributed by atoms with Crippen molar-refractivity contribution < 1.29 is 50.1 Å². The van der Waals surface area contributed by atoms with Gasteiger partial charge in [-0.15, -0.1) is 0 Å². The molecular formula is C20H17F6NO5. The standard InChI is InChI=1S/C20H17F6NO5/c1-10(17(28)27-14-7-15(30-2)9-16(8-14)31-3)32-18(29)11-4-12(19(21,22)23)6-13(5-11)20(24,25)26/h4-10H,1-3H3,(H,27,28). The second-order valence-corrected chi connectivity index (χ2v) is 6.43. The van der Waals surface area contributed by atoms with Crippen LogP contribution in [0.25, 0.3) is 0 Å². The van der Waals surface area contributed by atoms with E-state index in [0.717, 1.165) is 6.92 Å². The van der Waals surface area contributed by atoms with Crippen LogP contribution in [0.3, 0.4) is 0 Å². The zero-order valence-electron chi connectivity index (χ0n) is 16.9. The smallest absolute Gasteiger partial charge is 0.416 e. The maximum Gasteiger partial charge on any atom is 0.416 e. The summed E-state index contributed by atoms with van der Waals surface area (Å²) in [6.45, 7) is 1.10. The van der Waals surface area contributed by atoms with E-state index in [9.17, 15) is 35.9 Å². The molecule has 0 bridgehead atoms. The van der Waals surface area contributed by atoms with Gasteiger partial charge in [0.25, 0.3) is 5.91 Å². The molecule has 1 amide bonds. The fraction of sp³-hybridized carbons (Fsp3) is 0.300. The molecule has 0 radical (unpaired) electrons. The highest BCUT2D eigenvalue weighted by Gasteiger charge is 2.38. The lowest BCUT2D eigenvalue weighted by Gasteiger charge is -2.16. The lowest BCUT2D eigenvalue weighted by Crippen LogP contribution is -2.30. The van der Waals surface area contributed by atoms with Crippen molar-refractivity contribution in [3.05, 3.63) is 53.1 Å². The highest BCUT2D eigenvalue weighted by molar-refractivity contribution is 5.97. The van der Waals surface area contributed by atoms with E-state index in [0.29, 0.717) is 11.5 Å². The van der Waals surface area contributed by atoms with Gasteiger partial charge >= 0.3 is 18.3 Å². The molecule has 2 aromatic rings. The summed E-state index contributed by atoms with van der Waals surface area (Å²) in [6.07, 6.45) is -11.8. The van der Waals surface area contributed by atoms with Gasteiger partial charge in [-0.2, -0.15) is 26.3 Å². The number of hydrogen-bond donors (Lipinski definition) is 1. The van der Waals surface area contributed by atoms with E-state index in [-0.39, 0.29) is 23.9 Å². The third kappa shape index (κ3) is 6.28. The topological polar surface area (TPSA) is 73.9 Å². The molecule has 174 valence electrons. The first-order chi connectivity index (χ1) is 14.7. The van der Waals surface area contributed by atoms with Gasteiger partial charge in [0, 0.05) is 23.9 Å². The largest absolute Gasteiger partial charge is 0.497 e. The first-order valence-electron chi connectivity index (χ1n) is 8.79. The van der Waals surface area contributed by atoms with Crippen LogP contribution in [0.2, 0.25) is 0 Å². The van der Waals surface area contributed by atoms with Crippen molar-refractivity contribution in [2.45, 2.75) is 25.4 Å². The number of anilines is 1. The fourth-order valence-corrected chi connectivity index (χ4v) is 2.48. The summed E-state index contributed by atoms with van der Waals surface area (Å²) >= 11 is 0. The predicted molar refractivity (Wildman–Crippen MR) is 99.5 cm³/mol.